The first kappa shape index (κ1) is 9.99. The van der Waals surface area contributed by atoms with Crippen molar-refractivity contribution in [1.82, 2.24) is 14.9 Å². The molecule has 1 heterocycles. The van der Waals surface area contributed by atoms with Crippen LogP contribution in [0.5, 0.6) is 0 Å². The van der Waals surface area contributed by atoms with Crippen LogP contribution in [-0.2, 0) is 13.1 Å². The van der Waals surface area contributed by atoms with Crippen molar-refractivity contribution in [3.05, 3.63) is 30.9 Å². The number of imidazole rings is 1. The standard InChI is InChI=1S/C10H17N3/c1-4-9(3)12-7-10-6-11-8-13(10)5-2/h4,6,8-9,12H,1,5,7H2,2-3H3. The molecule has 1 aromatic rings. The largest absolute Gasteiger partial charge is 0.334 e. The second-order valence-electron chi connectivity index (χ2n) is 3.08. The van der Waals surface area contributed by atoms with Gasteiger partial charge in [0.1, 0.15) is 0 Å². The van der Waals surface area contributed by atoms with Gasteiger partial charge in [0.2, 0.25) is 0 Å². The van der Waals surface area contributed by atoms with Gasteiger partial charge >= 0.3 is 0 Å². The lowest BCUT2D eigenvalue weighted by atomic mass is 10.3. The zero-order valence-electron chi connectivity index (χ0n) is 8.33. The summed E-state index contributed by atoms with van der Waals surface area (Å²) in [6.07, 6.45) is 5.65. The zero-order chi connectivity index (χ0) is 9.68. The third-order valence-electron chi connectivity index (χ3n) is 2.10. The highest BCUT2D eigenvalue weighted by Crippen LogP contribution is 1.98. The van der Waals surface area contributed by atoms with E-state index >= 15 is 0 Å². The first-order valence-electron chi connectivity index (χ1n) is 4.62. The Hall–Kier alpha value is -1.09. The minimum atomic E-state index is 0.347. The van der Waals surface area contributed by atoms with Crippen LogP contribution in [0.15, 0.2) is 25.2 Å². The normalized spacial score (nSPS) is 12.8. The number of aromatic nitrogens is 2. The molecule has 0 aliphatic carbocycles. The molecule has 1 aromatic heterocycles. The highest BCUT2D eigenvalue weighted by Gasteiger charge is 2.00. The van der Waals surface area contributed by atoms with Gasteiger partial charge in [-0.1, -0.05) is 6.08 Å². The molecule has 1 atom stereocenters. The van der Waals surface area contributed by atoms with E-state index in [1.165, 1.54) is 5.69 Å². The molecule has 0 spiro atoms. The first-order chi connectivity index (χ1) is 6.27. The monoisotopic (exact) mass is 179 g/mol. The molecule has 72 valence electrons. The first-order valence-corrected chi connectivity index (χ1v) is 4.62. The van der Waals surface area contributed by atoms with Gasteiger partial charge in [-0.3, -0.25) is 0 Å². The van der Waals surface area contributed by atoms with E-state index in [-0.39, 0.29) is 0 Å². The lowest BCUT2D eigenvalue weighted by Gasteiger charge is -2.09. The van der Waals surface area contributed by atoms with Gasteiger partial charge in [0.15, 0.2) is 0 Å². The Labute approximate surface area is 79.5 Å². The van der Waals surface area contributed by atoms with Gasteiger partial charge < -0.3 is 9.88 Å². The van der Waals surface area contributed by atoms with E-state index in [4.69, 9.17) is 0 Å². The maximum absolute atomic E-state index is 4.09. The van der Waals surface area contributed by atoms with Crippen LogP contribution < -0.4 is 5.32 Å². The van der Waals surface area contributed by atoms with E-state index in [1.807, 2.05) is 18.6 Å². The van der Waals surface area contributed by atoms with E-state index in [9.17, 15) is 0 Å². The maximum Gasteiger partial charge on any atom is 0.0948 e. The quantitative estimate of drug-likeness (QED) is 0.695. The molecule has 1 N–H and O–H groups in total. The highest BCUT2D eigenvalue weighted by molar-refractivity contribution is 4.98. The second-order valence-corrected chi connectivity index (χ2v) is 3.08. The Morgan fingerprint density at radius 3 is 3.15 bits per heavy atom. The SMILES string of the molecule is C=CC(C)NCc1cncn1CC. The van der Waals surface area contributed by atoms with Crippen molar-refractivity contribution in [3.8, 4) is 0 Å². The number of nitrogens with zero attached hydrogens (tertiary/aromatic N) is 2. The van der Waals surface area contributed by atoms with Crippen molar-refractivity contribution in [1.29, 1.82) is 0 Å². The molecule has 0 radical (unpaired) electrons. The fraction of sp³-hybridized carbons (Fsp3) is 0.500. The molecule has 3 heteroatoms. The summed E-state index contributed by atoms with van der Waals surface area (Å²) in [6, 6.07) is 0.347. The van der Waals surface area contributed by atoms with Crippen LogP contribution in [0.1, 0.15) is 19.5 Å². The van der Waals surface area contributed by atoms with Gasteiger partial charge in [0, 0.05) is 25.3 Å². The van der Waals surface area contributed by atoms with E-state index in [1.54, 1.807) is 0 Å². The van der Waals surface area contributed by atoms with Crippen LogP contribution in [0.4, 0.5) is 0 Å². The summed E-state index contributed by atoms with van der Waals surface area (Å²) >= 11 is 0. The Morgan fingerprint density at radius 2 is 2.54 bits per heavy atom. The predicted octanol–water partition coefficient (Wildman–Crippen LogP) is 1.57. The fourth-order valence-electron chi connectivity index (χ4n) is 1.13. The fourth-order valence-corrected chi connectivity index (χ4v) is 1.13. The molecule has 0 fully saturated rings. The van der Waals surface area contributed by atoms with Crippen molar-refractivity contribution >= 4 is 0 Å². The van der Waals surface area contributed by atoms with Crippen molar-refractivity contribution in [2.24, 2.45) is 0 Å². The summed E-state index contributed by atoms with van der Waals surface area (Å²) in [6.45, 7) is 9.73. The summed E-state index contributed by atoms with van der Waals surface area (Å²) in [7, 11) is 0. The molecule has 1 rings (SSSR count). The van der Waals surface area contributed by atoms with Gasteiger partial charge in [0.05, 0.1) is 12.0 Å². The molecular formula is C10H17N3. The lowest BCUT2D eigenvalue weighted by molar-refractivity contribution is 0.594. The average molecular weight is 179 g/mol. The summed E-state index contributed by atoms with van der Waals surface area (Å²) in [5, 5.41) is 3.33. The van der Waals surface area contributed by atoms with Gasteiger partial charge in [-0.15, -0.1) is 6.58 Å². The van der Waals surface area contributed by atoms with Gasteiger partial charge in [-0.25, -0.2) is 4.98 Å². The van der Waals surface area contributed by atoms with E-state index in [2.05, 4.69) is 35.3 Å². The van der Waals surface area contributed by atoms with Crippen molar-refractivity contribution in [2.75, 3.05) is 0 Å². The molecule has 0 bridgehead atoms. The molecule has 0 aliphatic heterocycles. The molecule has 0 aromatic carbocycles. The molecule has 0 saturated heterocycles. The number of hydrogen-bond acceptors (Lipinski definition) is 2. The minimum Gasteiger partial charge on any atom is -0.334 e. The molecular weight excluding hydrogens is 162 g/mol. The maximum atomic E-state index is 4.09. The van der Waals surface area contributed by atoms with E-state index in [0.717, 1.165) is 13.1 Å². The molecule has 1 unspecified atom stereocenters. The summed E-state index contributed by atoms with van der Waals surface area (Å²) < 4.78 is 2.13. The van der Waals surface area contributed by atoms with Crippen LogP contribution in [-0.4, -0.2) is 15.6 Å². The van der Waals surface area contributed by atoms with Crippen LogP contribution in [0.2, 0.25) is 0 Å². The van der Waals surface area contributed by atoms with Crippen LogP contribution in [0, 0.1) is 0 Å². The Balaban J connectivity index is 2.48. The van der Waals surface area contributed by atoms with Gasteiger partial charge in [0.25, 0.3) is 0 Å². The van der Waals surface area contributed by atoms with Crippen molar-refractivity contribution in [3.63, 3.8) is 0 Å². The van der Waals surface area contributed by atoms with E-state index < -0.39 is 0 Å². The smallest absolute Gasteiger partial charge is 0.0948 e. The minimum absolute atomic E-state index is 0.347. The lowest BCUT2D eigenvalue weighted by Crippen LogP contribution is -2.24. The molecule has 0 saturated carbocycles. The van der Waals surface area contributed by atoms with Crippen LogP contribution in [0.25, 0.3) is 0 Å². The third-order valence-corrected chi connectivity index (χ3v) is 2.10. The van der Waals surface area contributed by atoms with Crippen molar-refractivity contribution in [2.45, 2.75) is 33.0 Å². The number of rotatable bonds is 5. The second kappa shape index (κ2) is 4.82. The molecule has 13 heavy (non-hydrogen) atoms. The summed E-state index contributed by atoms with van der Waals surface area (Å²) in [5.74, 6) is 0. The molecule has 3 nitrogen and oxygen atoms in total. The van der Waals surface area contributed by atoms with Gasteiger partial charge in [-0.05, 0) is 13.8 Å². The number of nitrogens with one attached hydrogen (secondary N) is 1. The topological polar surface area (TPSA) is 29.9 Å². The Kier molecular flexibility index (Phi) is 3.71. The van der Waals surface area contributed by atoms with E-state index in [0.29, 0.717) is 6.04 Å². The van der Waals surface area contributed by atoms with Crippen LogP contribution >= 0.6 is 0 Å². The number of hydrogen-bond donors (Lipinski definition) is 1. The van der Waals surface area contributed by atoms with Crippen molar-refractivity contribution < 1.29 is 0 Å². The van der Waals surface area contributed by atoms with Crippen LogP contribution in [0.3, 0.4) is 0 Å². The zero-order valence-corrected chi connectivity index (χ0v) is 8.33. The average Bonchev–Trinajstić information content (AvgIpc) is 2.61. The third kappa shape index (κ3) is 2.70. The summed E-state index contributed by atoms with van der Waals surface area (Å²) in [5.41, 5.74) is 1.22. The summed E-state index contributed by atoms with van der Waals surface area (Å²) in [4.78, 5) is 4.09. The Bertz CT molecular complexity index is 265. The molecule has 0 aliphatic rings. The number of aryl methyl sites for hydroxylation is 1. The Morgan fingerprint density at radius 1 is 1.77 bits per heavy atom. The highest BCUT2D eigenvalue weighted by atomic mass is 15.1. The molecule has 0 amide bonds. The van der Waals surface area contributed by atoms with Gasteiger partial charge in [-0.2, -0.15) is 0 Å². The predicted molar refractivity (Wildman–Crippen MR) is 54.4 cm³/mol.